The molecule has 0 radical (unpaired) electrons. The molecular formula is C21H29N3O5S. The van der Waals surface area contributed by atoms with Crippen LogP contribution in [-0.2, 0) is 39.0 Å². The van der Waals surface area contributed by atoms with E-state index in [-0.39, 0.29) is 13.0 Å². The highest BCUT2D eigenvalue weighted by molar-refractivity contribution is 7.16. The van der Waals surface area contributed by atoms with Gasteiger partial charge in [-0.05, 0) is 51.7 Å². The van der Waals surface area contributed by atoms with E-state index in [1.54, 1.807) is 11.6 Å². The topological polar surface area (TPSA) is 99.5 Å². The van der Waals surface area contributed by atoms with E-state index < -0.39 is 24.5 Å². The van der Waals surface area contributed by atoms with Crippen LogP contribution >= 0.6 is 11.3 Å². The first kappa shape index (κ1) is 23.6. The lowest BCUT2D eigenvalue weighted by molar-refractivity contribution is -0.147. The number of rotatable bonds is 9. The molecule has 2 aromatic heterocycles. The predicted molar refractivity (Wildman–Crippen MR) is 115 cm³/mol. The van der Waals surface area contributed by atoms with E-state index in [2.05, 4.69) is 10.4 Å². The van der Waals surface area contributed by atoms with E-state index in [0.717, 1.165) is 27.4 Å². The number of amides is 1. The molecule has 0 aliphatic heterocycles. The molecule has 0 aliphatic carbocycles. The Kier molecular flexibility index (Phi) is 8.16. The zero-order valence-corrected chi connectivity index (χ0v) is 19.2. The molecule has 164 valence electrons. The number of hydrogen-bond donors (Lipinski definition) is 1. The van der Waals surface area contributed by atoms with Crippen LogP contribution in [0.2, 0.25) is 0 Å². The van der Waals surface area contributed by atoms with Gasteiger partial charge in [0.2, 0.25) is 0 Å². The normalized spacial score (nSPS) is 10.7. The number of carbonyl (C=O) groups excluding carboxylic acids is 3. The Morgan fingerprint density at radius 2 is 1.80 bits per heavy atom. The van der Waals surface area contributed by atoms with Crippen LogP contribution in [-0.4, -0.2) is 40.8 Å². The number of esters is 2. The van der Waals surface area contributed by atoms with Gasteiger partial charge >= 0.3 is 11.9 Å². The van der Waals surface area contributed by atoms with Crippen LogP contribution in [0.4, 0.5) is 5.00 Å². The van der Waals surface area contributed by atoms with Crippen molar-refractivity contribution in [3.63, 3.8) is 0 Å². The molecule has 0 unspecified atom stereocenters. The van der Waals surface area contributed by atoms with Gasteiger partial charge in [0.1, 0.15) is 5.00 Å². The maximum Gasteiger partial charge on any atom is 0.341 e. The SMILES string of the molecule is CCOC(=O)c1c(NC(=O)COC(=O)CCc2c(C)nn(C)c2C)sc(C)c1CC. The van der Waals surface area contributed by atoms with Gasteiger partial charge in [0, 0.05) is 24.0 Å². The van der Waals surface area contributed by atoms with Gasteiger partial charge in [-0.25, -0.2) is 4.79 Å². The minimum Gasteiger partial charge on any atom is -0.462 e. The van der Waals surface area contributed by atoms with Gasteiger partial charge in [-0.2, -0.15) is 5.10 Å². The van der Waals surface area contributed by atoms with Crippen molar-refractivity contribution in [3.05, 3.63) is 33.0 Å². The number of carbonyl (C=O) groups is 3. The van der Waals surface area contributed by atoms with E-state index in [0.29, 0.717) is 23.4 Å². The summed E-state index contributed by atoms with van der Waals surface area (Å²) in [5.41, 5.74) is 4.13. The first-order valence-corrected chi connectivity index (χ1v) is 10.7. The molecule has 0 spiro atoms. The highest BCUT2D eigenvalue weighted by Crippen LogP contribution is 2.34. The Morgan fingerprint density at radius 1 is 1.10 bits per heavy atom. The largest absolute Gasteiger partial charge is 0.462 e. The summed E-state index contributed by atoms with van der Waals surface area (Å²) in [7, 11) is 1.86. The average Bonchev–Trinajstić information content (AvgIpc) is 3.13. The second-order valence-corrected chi connectivity index (χ2v) is 8.12. The van der Waals surface area contributed by atoms with Crippen molar-refractivity contribution in [3.8, 4) is 0 Å². The molecule has 0 atom stereocenters. The molecule has 2 rings (SSSR count). The van der Waals surface area contributed by atoms with E-state index in [4.69, 9.17) is 9.47 Å². The fourth-order valence-corrected chi connectivity index (χ4v) is 4.45. The highest BCUT2D eigenvalue weighted by Gasteiger charge is 2.23. The maximum atomic E-state index is 12.3. The summed E-state index contributed by atoms with van der Waals surface area (Å²) in [5.74, 6) is -1.42. The molecule has 0 bridgehead atoms. The van der Waals surface area contributed by atoms with Gasteiger partial charge in [0.05, 0.1) is 17.9 Å². The fraction of sp³-hybridized carbons (Fsp3) is 0.524. The number of aryl methyl sites for hydroxylation is 3. The number of aromatic nitrogens is 2. The van der Waals surface area contributed by atoms with Crippen molar-refractivity contribution in [1.82, 2.24) is 9.78 Å². The first-order valence-electron chi connectivity index (χ1n) is 9.93. The summed E-state index contributed by atoms with van der Waals surface area (Å²) in [5, 5.41) is 7.43. The zero-order valence-electron chi connectivity index (χ0n) is 18.4. The van der Waals surface area contributed by atoms with Gasteiger partial charge in [-0.3, -0.25) is 14.3 Å². The number of nitrogens with one attached hydrogen (secondary N) is 1. The molecule has 2 heterocycles. The molecule has 0 saturated heterocycles. The molecule has 0 aliphatic rings. The Hall–Kier alpha value is -2.68. The minimum absolute atomic E-state index is 0.160. The molecule has 0 saturated carbocycles. The quantitative estimate of drug-likeness (QED) is 0.607. The third-order valence-corrected chi connectivity index (χ3v) is 5.96. The van der Waals surface area contributed by atoms with Crippen LogP contribution in [0.15, 0.2) is 0 Å². The Morgan fingerprint density at radius 3 is 2.37 bits per heavy atom. The highest BCUT2D eigenvalue weighted by atomic mass is 32.1. The molecule has 2 aromatic rings. The standard InChI is InChI=1S/C21H29N3O5S/c1-7-15-14(5)30-20(19(15)21(27)28-8-2)22-17(25)11-29-18(26)10-9-16-12(3)23-24(6)13(16)4/h7-11H2,1-6H3,(H,22,25). The van der Waals surface area contributed by atoms with E-state index in [9.17, 15) is 14.4 Å². The predicted octanol–water partition coefficient (Wildman–Crippen LogP) is 3.26. The second-order valence-electron chi connectivity index (χ2n) is 6.90. The van der Waals surface area contributed by atoms with Gasteiger partial charge in [0.25, 0.3) is 5.91 Å². The lowest BCUT2D eigenvalue weighted by Crippen LogP contribution is -2.22. The van der Waals surface area contributed by atoms with Gasteiger partial charge < -0.3 is 14.8 Å². The summed E-state index contributed by atoms with van der Waals surface area (Å²) in [4.78, 5) is 37.6. The van der Waals surface area contributed by atoms with Crippen molar-refractivity contribution in [1.29, 1.82) is 0 Å². The lowest BCUT2D eigenvalue weighted by atomic mass is 10.1. The number of nitrogens with zero attached hydrogens (tertiary/aromatic N) is 2. The van der Waals surface area contributed by atoms with E-state index in [1.807, 2.05) is 34.7 Å². The Bertz CT molecular complexity index is 945. The summed E-state index contributed by atoms with van der Waals surface area (Å²) in [6.45, 7) is 9.25. The van der Waals surface area contributed by atoms with Crippen molar-refractivity contribution in [2.24, 2.45) is 7.05 Å². The Labute approximate surface area is 180 Å². The molecule has 0 aromatic carbocycles. The van der Waals surface area contributed by atoms with Crippen molar-refractivity contribution < 1.29 is 23.9 Å². The van der Waals surface area contributed by atoms with Gasteiger partial charge in [0.15, 0.2) is 6.61 Å². The number of hydrogen-bond acceptors (Lipinski definition) is 7. The fourth-order valence-electron chi connectivity index (χ4n) is 3.30. The summed E-state index contributed by atoms with van der Waals surface area (Å²) >= 11 is 1.31. The van der Waals surface area contributed by atoms with Crippen molar-refractivity contribution in [2.75, 3.05) is 18.5 Å². The monoisotopic (exact) mass is 435 g/mol. The van der Waals surface area contributed by atoms with Crippen LogP contribution in [0, 0.1) is 20.8 Å². The summed E-state index contributed by atoms with van der Waals surface area (Å²) in [6.07, 6.45) is 1.31. The van der Waals surface area contributed by atoms with Crippen LogP contribution in [0.25, 0.3) is 0 Å². The third-order valence-electron chi connectivity index (χ3n) is 4.90. The molecule has 8 nitrogen and oxygen atoms in total. The molecule has 1 N–H and O–H groups in total. The third kappa shape index (κ3) is 5.47. The maximum absolute atomic E-state index is 12.3. The van der Waals surface area contributed by atoms with E-state index >= 15 is 0 Å². The van der Waals surface area contributed by atoms with Gasteiger partial charge in [-0.1, -0.05) is 6.92 Å². The second kappa shape index (κ2) is 10.4. The summed E-state index contributed by atoms with van der Waals surface area (Å²) in [6, 6.07) is 0. The van der Waals surface area contributed by atoms with E-state index in [1.165, 1.54) is 11.3 Å². The van der Waals surface area contributed by atoms with Crippen LogP contribution in [0.5, 0.6) is 0 Å². The lowest BCUT2D eigenvalue weighted by Gasteiger charge is -2.09. The van der Waals surface area contributed by atoms with Crippen molar-refractivity contribution >= 4 is 34.2 Å². The molecular weight excluding hydrogens is 406 g/mol. The average molecular weight is 436 g/mol. The zero-order chi connectivity index (χ0) is 22.4. The Balaban J connectivity index is 1.94. The van der Waals surface area contributed by atoms with Crippen LogP contribution < -0.4 is 5.32 Å². The number of ether oxygens (including phenoxy) is 2. The van der Waals surface area contributed by atoms with Crippen molar-refractivity contribution in [2.45, 2.75) is 53.9 Å². The number of thiophene rings is 1. The number of anilines is 1. The smallest absolute Gasteiger partial charge is 0.341 e. The van der Waals surface area contributed by atoms with Crippen LogP contribution in [0.3, 0.4) is 0 Å². The summed E-state index contributed by atoms with van der Waals surface area (Å²) < 4.78 is 12.0. The van der Waals surface area contributed by atoms with Crippen LogP contribution in [0.1, 0.15) is 58.0 Å². The molecule has 1 amide bonds. The molecule has 0 fully saturated rings. The van der Waals surface area contributed by atoms with Gasteiger partial charge in [-0.15, -0.1) is 11.3 Å². The minimum atomic E-state index is -0.494. The molecule has 9 heteroatoms. The molecule has 30 heavy (non-hydrogen) atoms. The first-order chi connectivity index (χ1) is 14.2.